The summed E-state index contributed by atoms with van der Waals surface area (Å²) in [6, 6.07) is 4.19. The van der Waals surface area contributed by atoms with Crippen LogP contribution in [0.1, 0.15) is 32.1 Å². The van der Waals surface area contributed by atoms with Crippen LogP contribution in [0.2, 0.25) is 0 Å². The number of nitrogens with zero attached hydrogens (tertiary/aromatic N) is 1. The van der Waals surface area contributed by atoms with Gasteiger partial charge in [0.1, 0.15) is 5.01 Å². The molecule has 0 unspecified atom stereocenters. The molecule has 0 radical (unpaired) electrons. The highest BCUT2D eigenvalue weighted by atomic mass is 32.1. The summed E-state index contributed by atoms with van der Waals surface area (Å²) in [4.78, 5) is 16.0. The van der Waals surface area contributed by atoms with Gasteiger partial charge in [0.25, 0.3) is 0 Å². The fourth-order valence-corrected chi connectivity index (χ4v) is 2.78. The molecule has 0 fully saturated rings. The number of thiazole rings is 1. The second kappa shape index (κ2) is 4.41. The van der Waals surface area contributed by atoms with Crippen molar-refractivity contribution in [3.05, 3.63) is 39.4 Å². The standard InChI is InChI=1S/C14H15NOS/c1-8-5-6-12(10(3)9(8)2)14-15-11(4)13(7-16)17-14/h5-7H,1-4H3. The first-order chi connectivity index (χ1) is 8.04. The van der Waals surface area contributed by atoms with Crippen LogP contribution in [0.25, 0.3) is 10.6 Å². The van der Waals surface area contributed by atoms with E-state index in [1.165, 1.54) is 28.0 Å². The third kappa shape index (κ3) is 2.03. The van der Waals surface area contributed by atoms with E-state index < -0.39 is 0 Å². The normalized spacial score (nSPS) is 10.6. The third-order valence-corrected chi connectivity index (χ3v) is 4.34. The third-order valence-electron chi connectivity index (χ3n) is 3.23. The molecule has 88 valence electrons. The zero-order valence-electron chi connectivity index (χ0n) is 10.5. The summed E-state index contributed by atoms with van der Waals surface area (Å²) in [7, 11) is 0. The van der Waals surface area contributed by atoms with E-state index in [4.69, 9.17) is 0 Å². The van der Waals surface area contributed by atoms with E-state index in [1.54, 1.807) is 0 Å². The van der Waals surface area contributed by atoms with Crippen molar-refractivity contribution in [1.29, 1.82) is 0 Å². The van der Waals surface area contributed by atoms with E-state index in [1.807, 2.05) is 6.92 Å². The van der Waals surface area contributed by atoms with E-state index in [0.29, 0.717) is 0 Å². The number of carbonyl (C=O) groups is 1. The molecular formula is C14H15NOS. The summed E-state index contributed by atoms with van der Waals surface area (Å²) in [5.41, 5.74) is 5.78. The molecule has 0 amide bonds. The van der Waals surface area contributed by atoms with E-state index in [0.717, 1.165) is 27.4 Å². The largest absolute Gasteiger partial charge is 0.297 e. The second-order valence-electron chi connectivity index (χ2n) is 4.27. The molecule has 0 N–H and O–H groups in total. The molecule has 1 heterocycles. The van der Waals surface area contributed by atoms with Gasteiger partial charge < -0.3 is 0 Å². The predicted octanol–water partition coefficient (Wildman–Crippen LogP) is 3.86. The molecule has 0 bridgehead atoms. The summed E-state index contributed by atoms with van der Waals surface area (Å²) < 4.78 is 0. The Hall–Kier alpha value is -1.48. The van der Waals surface area contributed by atoms with E-state index in [-0.39, 0.29) is 0 Å². The van der Waals surface area contributed by atoms with Crippen LogP contribution in [0.5, 0.6) is 0 Å². The van der Waals surface area contributed by atoms with Gasteiger partial charge in [0.05, 0.1) is 10.6 Å². The van der Waals surface area contributed by atoms with Gasteiger partial charge in [-0.3, -0.25) is 4.79 Å². The molecule has 0 aliphatic heterocycles. The lowest BCUT2D eigenvalue weighted by molar-refractivity contribution is 0.112. The van der Waals surface area contributed by atoms with E-state index >= 15 is 0 Å². The summed E-state index contributed by atoms with van der Waals surface area (Å²) in [5.74, 6) is 0. The molecule has 1 aromatic carbocycles. The summed E-state index contributed by atoms with van der Waals surface area (Å²) in [5, 5.41) is 0.935. The van der Waals surface area contributed by atoms with Crippen LogP contribution in [0.3, 0.4) is 0 Å². The summed E-state index contributed by atoms with van der Waals surface area (Å²) in [6.07, 6.45) is 0.882. The minimum atomic E-state index is 0.720. The number of benzene rings is 1. The Bertz CT molecular complexity index is 584. The number of hydrogen-bond acceptors (Lipinski definition) is 3. The number of carbonyl (C=O) groups excluding carboxylic acids is 1. The molecule has 3 heteroatoms. The Morgan fingerprint density at radius 3 is 2.41 bits per heavy atom. The highest BCUT2D eigenvalue weighted by molar-refractivity contribution is 7.16. The zero-order chi connectivity index (χ0) is 12.6. The van der Waals surface area contributed by atoms with Gasteiger partial charge >= 0.3 is 0 Å². The minimum Gasteiger partial charge on any atom is -0.297 e. The molecule has 0 saturated carbocycles. The molecule has 2 nitrogen and oxygen atoms in total. The Morgan fingerprint density at radius 1 is 1.12 bits per heavy atom. The number of aromatic nitrogens is 1. The van der Waals surface area contributed by atoms with Gasteiger partial charge in [0.15, 0.2) is 6.29 Å². The Labute approximate surface area is 105 Å². The SMILES string of the molecule is Cc1ccc(-c2nc(C)c(C=O)s2)c(C)c1C. The first kappa shape index (κ1) is 12.0. The van der Waals surface area contributed by atoms with Gasteiger partial charge in [-0.15, -0.1) is 11.3 Å². The Morgan fingerprint density at radius 2 is 1.82 bits per heavy atom. The van der Waals surface area contributed by atoms with Gasteiger partial charge in [0, 0.05) is 5.56 Å². The van der Waals surface area contributed by atoms with Gasteiger partial charge in [-0.25, -0.2) is 4.98 Å². The maximum absolute atomic E-state index is 10.8. The molecule has 0 aliphatic carbocycles. The summed E-state index contributed by atoms with van der Waals surface area (Å²) >= 11 is 1.46. The number of aldehydes is 1. The van der Waals surface area contributed by atoms with Crippen LogP contribution < -0.4 is 0 Å². The molecule has 1 aromatic heterocycles. The molecule has 0 saturated heterocycles. The molecule has 17 heavy (non-hydrogen) atoms. The molecular weight excluding hydrogens is 230 g/mol. The maximum Gasteiger partial charge on any atom is 0.161 e. The fraction of sp³-hybridized carbons (Fsp3) is 0.286. The average molecular weight is 245 g/mol. The van der Waals surface area contributed by atoms with Crippen LogP contribution in [0.4, 0.5) is 0 Å². The van der Waals surface area contributed by atoms with E-state index in [2.05, 4.69) is 37.9 Å². The number of rotatable bonds is 2. The van der Waals surface area contributed by atoms with Crippen LogP contribution in [-0.4, -0.2) is 11.3 Å². The van der Waals surface area contributed by atoms with Crippen molar-refractivity contribution in [2.24, 2.45) is 0 Å². The average Bonchev–Trinajstić information content (AvgIpc) is 2.67. The van der Waals surface area contributed by atoms with Crippen molar-refractivity contribution in [1.82, 2.24) is 4.98 Å². The smallest absolute Gasteiger partial charge is 0.161 e. The minimum absolute atomic E-state index is 0.720. The lowest BCUT2D eigenvalue weighted by Gasteiger charge is -2.08. The van der Waals surface area contributed by atoms with Crippen LogP contribution in [-0.2, 0) is 0 Å². The predicted molar refractivity (Wildman–Crippen MR) is 71.9 cm³/mol. The highest BCUT2D eigenvalue weighted by Crippen LogP contribution is 2.31. The van der Waals surface area contributed by atoms with E-state index in [9.17, 15) is 4.79 Å². The molecule has 2 aromatic rings. The quantitative estimate of drug-likeness (QED) is 0.752. The lowest BCUT2D eigenvalue weighted by atomic mass is 9.99. The van der Waals surface area contributed by atoms with Gasteiger partial charge in [-0.1, -0.05) is 12.1 Å². The van der Waals surface area contributed by atoms with Crippen molar-refractivity contribution in [3.63, 3.8) is 0 Å². The topological polar surface area (TPSA) is 30.0 Å². The van der Waals surface area contributed by atoms with Crippen LogP contribution >= 0.6 is 11.3 Å². The van der Waals surface area contributed by atoms with Crippen molar-refractivity contribution < 1.29 is 4.79 Å². The zero-order valence-corrected chi connectivity index (χ0v) is 11.3. The fourth-order valence-electron chi connectivity index (χ4n) is 1.82. The molecule has 2 rings (SSSR count). The van der Waals surface area contributed by atoms with Crippen molar-refractivity contribution in [2.75, 3.05) is 0 Å². The monoisotopic (exact) mass is 245 g/mol. The first-order valence-electron chi connectivity index (χ1n) is 5.54. The van der Waals surface area contributed by atoms with Crippen molar-refractivity contribution in [2.45, 2.75) is 27.7 Å². The Kier molecular flexibility index (Phi) is 3.11. The van der Waals surface area contributed by atoms with Crippen molar-refractivity contribution in [3.8, 4) is 10.6 Å². The van der Waals surface area contributed by atoms with Crippen LogP contribution in [0, 0.1) is 27.7 Å². The maximum atomic E-state index is 10.8. The van der Waals surface area contributed by atoms with Crippen molar-refractivity contribution >= 4 is 17.6 Å². The second-order valence-corrected chi connectivity index (χ2v) is 5.30. The summed E-state index contributed by atoms with van der Waals surface area (Å²) in [6.45, 7) is 8.21. The van der Waals surface area contributed by atoms with Gasteiger partial charge in [-0.2, -0.15) is 0 Å². The highest BCUT2D eigenvalue weighted by Gasteiger charge is 2.12. The molecule has 0 atom stereocenters. The lowest BCUT2D eigenvalue weighted by Crippen LogP contribution is -1.90. The Balaban J connectivity index is 2.60. The first-order valence-corrected chi connectivity index (χ1v) is 6.36. The number of aryl methyl sites for hydroxylation is 2. The number of hydrogen-bond donors (Lipinski definition) is 0. The van der Waals surface area contributed by atoms with Gasteiger partial charge in [-0.05, 0) is 44.4 Å². The van der Waals surface area contributed by atoms with Crippen LogP contribution in [0.15, 0.2) is 12.1 Å². The van der Waals surface area contributed by atoms with Gasteiger partial charge in [0.2, 0.25) is 0 Å². The molecule has 0 aliphatic rings. The molecule has 0 spiro atoms.